The van der Waals surface area contributed by atoms with Gasteiger partial charge in [0.1, 0.15) is 12.5 Å². The molecule has 3 aromatic rings. The monoisotopic (exact) mass is 370 g/mol. The number of nitrogens with zero attached hydrogens (tertiary/aromatic N) is 2. The van der Waals surface area contributed by atoms with Crippen molar-refractivity contribution in [1.29, 1.82) is 5.26 Å². The number of carboxylic acid groups (broad SMARTS) is 1. The Hall–Kier alpha value is -3.91. The van der Waals surface area contributed by atoms with Crippen molar-refractivity contribution in [2.45, 2.75) is 13.0 Å². The van der Waals surface area contributed by atoms with Crippen LogP contribution in [0, 0.1) is 11.3 Å². The molecule has 0 amide bonds. The van der Waals surface area contributed by atoms with Crippen molar-refractivity contribution >= 4 is 28.6 Å². The maximum atomic E-state index is 10.9. The van der Waals surface area contributed by atoms with Crippen LogP contribution in [0.15, 0.2) is 84.7 Å². The van der Waals surface area contributed by atoms with Crippen LogP contribution in [0.4, 0.5) is 5.69 Å². The third-order valence-corrected chi connectivity index (χ3v) is 4.26. The zero-order chi connectivity index (χ0) is 19.8. The van der Waals surface area contributed by atoms with E-state index < -0.39 is 5.97 Å². The normalized spacial score (nSPS) is 11.5. The Morgan fingerprint density at radius 3 is 2.61 bits per heavy atom. The van der Waals surface area contributed by atoms with Crippen LogP contribution in [0.25, 0.3) is 17.0 Å². The molecule has 0 aliphatic carbocycles. The number of hydrogen-bond acceptors (Lipinski definition) is 3. The number of para-hydroxylation sites is 2. The van der Waals surface area contributed by atoms with E-state index in [1.54, 1.807) is 12.3 Å². The molecule has 1 heterocycles. The van der Waals surface area contributed by atoms with Gasteiger partial charge in [-0.05, 0) is 29.8 Å². The average Bonchev–Trinajstić information content (AvgIpc) is 2.73. The summed E-state index contributed by atoms with van der Waals surface area (Å²) in [5, 5.41) is 22.4. The maximum Gasteiger partial charge on any atom is 0.309 e. The first-order valence-electron chi connectivity index (χ1n) is 8.90. The SMILES string of the molecule is N#CC(=C\Nc1ccccc1)/C=C/c1cc[n+](CCC(=O)O)c2ccccc12. The van der Waals surface area contributed by atoms with Gasteiger partial charge in [0.25, 0.3) is 0 Å². The third-order valence-electron chi connectivity index (χ3n) is 4.26. The summed E-state index contributed by atoms with van der Waals surface area (Å²) in [7, 11) is 0. The Morgan fingerprint density at radius 2 is 1.86 bits per heavy atom. The number of allylic oxidation sites excluding steroid dienone is 2. The van der Waals surface area contributed by atoms with E-state index in [1.165, 1.54) is 0 Å². The number of carboxylic acids is 1. The maximum absolute atomic E-state index is 10.9. The van der Waals surface area contributed by atoms with Gasteiger partial charge in [0.15, 0.2) is 12.7 Å². The lowest BCUT2D eigenvalue weighted by molar-refractivity contribution is -0.670. The molecule has 2 N–H and O–H groups in total. The van der Waals surface area contributed by atoms with Gasteiger partial charge in [-0.15, -0.1) is 0 Å². The lowest BCUT2D eigenvalue weighted by atomic mass is 10.1. The van der Waals surface area contributed by atoms with E-state index in [0.717, 1.165) is 22.2 Å². The van der Waals surface area contributed by atoms with Crippen LogP contribution in [0.5, 0.6) is 0 Å². The molecule has 0 bridgehead atoms. The molecule has 138 valence electrons. The van der Waals surface area contributed by atoms with Crippen molar-refractivity contribution in [2.24, 2.45) is 0 Å². The third kappa shape index (κ3) is 4.83. The Morgan fingerprint density at radius 1 is 1.11 bits per heavy atom. The Kier molecular flexibility index (Phi) is 6.17. The van der Waals surface area contributed by atoms with Gasteiger partial charge >= 0.3 is 5.97 Å². The minimum Gasteiger partial charge on any atom is -0.481 e. The lowest BCUT2D eigenvalue weighted by Crippen LogP contribution is -2.35. The predicted molar refractivity (Wildman–Crippen MR) is 109 cm³/mol. The Labute approximate surface area is 163 Å². The molecular weight excluding hydrogens is 350 g/mol. The lowest BCUT2D eigenvalue weighted by Gasteiger charge is -2.04. The molecule has 5 heteroatoms. The first-order valence-corrected chi connectivity index (χ1v) is 8.90. The number of aryl methyl sites for hydroxylation is 1. The highest BCUT2D eigenvalue weighted by Gasteiger charge is 2.12. The highest BCUT2D eigenvalue weighted by molar-refractivity contribution is 5.86. The van der Waals surface area contributed by atoms with E-state index >= 15 is 0 Å². The highest BCUT2D eigenvalue weighted by Crippen LogP contribution is 2.18. The van der Waals surface area contributed by atoms with Crippen molar-refractivity contribution < 1.29 is 14.5 Å². The predicted octanol–water partition coefficient (Wildman–Crippen LogP) is 4.13. The van der Waals surface area contributed by atoms with Crippen molar-refractivity contribution in [1.82, 2.24) is 0 Å². The Bertz CT molecular complexity index is 1080. The summed E-state index contributed by atoms with van der Waals surface area (Å²) in [6, 6.07) is 21.6. The summed E-state index contributed by atoms with van der Waals surface area (Å²) in [6.07, 6.45) is 7.27. The number of aliphatic carboxylic acids is 1. The number of fused-ring (bicyclic) bond motifs is 1. The molecule has 0 radical (unpaired) electrons. The van der Waals surface area contributed by atoms with Crippen molar-refractivity contribution in [3.63, 3.8) is 0 Å². The van der Waals surface area contributed by atoms with E-state index in [2.05, 4.69) is 11.4 Å². The molecule has 0 unspecified atom stereocenters. The molecule has 2 aromatic carbocycles. The second-order valence-corrected chi connectivity index (χ2v) is 6.18. The number of nitrogens with one attached hydrogen (secondary N) is 1. The molecule has 0 aliphatic heterocycles. The molecule has 0 spiro atoms. The van der Waals surface area contributed by atoms with Crippen LogP contribution < -0.4 is 9.88 Å². The minimum atomic E-state index is -0.824. The number of nitriles is 1. The standard InChI is InChI=1S/C23H19N3O2/c24-16-18(17-25-20-6-2-1-3-7-20)10-11-19-12-14-26(15-13-23(27)28)22-9-5-4-8-21(19)22/h1-12,14,17H,13,15H2,(H,27,28)/p+1. The largest absolute Gasteiger partial charge is 0.481 e. The minimum absolute atomic E-state index is 0.0658. The summed E-state index contributed by atoms with van der Waals surface area (Å²) in [5.74, 6) is -0.824. The van der Waals surface area contributed by atoms with Gasteiger partial charge < -0.3 is 10.4 Å². The summed E-state index contributed by atoms with van der Waals surface area (Å²) >= 11 is 0. The highest BCUT2D eigenvalue weighted by atomic mass is 16.4. The molecule has 0 aliphatic rings. The van der Waals surface area contributed by atoms with Crippen molar-refractivity contribution in [2.75, 3.05) is 5.32 Å². The summed E-state index contributed by atoms with van der Waals surface area (Å²) in [4.78, 5) is 10.9. The molecule has 28 heavy (non-hydrogen) atoms. The van der Waals surface area contributed by atoms with Crippen molar-refractivity contribution in [3.05, 3.63) is 90.3 Å². The fourth-order valence-corrected chi connectivity index (χ4v) is 2.86. The van der Waals surface area contributed by atoms with Crippen LogP contribution in [0.3, 0.4) is 0 Å². The van der Waals surface area contributed by atoms with E-state index in [0.29, 0.717) is 12.1 Å². The fourth-order valence-electron chi connectivity index (χ4n) is 2.86. The zero-order valence-corrected chi connectivity index (χ0v) is 15.2. The fraction of sp³-hybridized carbons (Fsp3) is 0.0870. The number of rotatable bonds is 7. The second-order valence-electron chi connectivity index (χ2n) is 6.18. The van der Waals surface area contributed by atoms with Gasteiger partial charge in [-0.25, -0.2) is 0 Å². The van der Waals surface area contributed by atoms with Crippen LogP contribution in [0.1, 0.15) is 12.0 Å². The molecule has 0 fully saturated rings. The number of benzene rings is 2. The quantitative estimate of drug-likeness (QED) is 0.372. The van der Waals surface area contributed by atoms with Crippen LogP contribution in [-0.2, 0) is 11.3 Å². The number of hydrogen-bond donors (Lipinski definition) is 2. The molecule has 5 nitrogen and oxygen atoms in total. The van der Waals surface area contributed by atoms with E-state index in [4.69, 9.17) is 5.11 Å². The smallest absolute Gasteiger partial charge is 0.309 e. The Balaban J connectivity index is 1.86. The first kappa shape index (κ1) is 18.9. The summed E-state index contributed by atoms with van der Waals surface area (Å²) in [5.41, 5.74) is 3.32. The van der Waals surface area contributed by atoms with Gasteiger partial charge in [-0.3, -0.25) is 4.79 Å². The zero-order valence-electron chi connectivity index (χ0n) is 15.2. The van der Waals surface area contributed by atoms with Crippen LogP contribution >= 0.6 is 0 Å². The molecule has 0 saturated heterocycles. The van der Waals surface area contributed by atoms with Crippen LogP contribution in [0.2, 0.25) is 0 Å². The van der Waals surface area contributed by atoms with Gasteiger partial charge in [0, 0.05) is 24.0 Å². The number of carbonyl (C=O) groups is 1. The molecule has 0 saturated carbocycles. The van der Waals surface area contributed by atoms with E-state index in [1.807, 2.05) is 77.5 Å². The first-order chi connectivity index (χ1) is 13.7. The van der Waals surface area contributed by atoms with Gasteiger partial charge in [0.05, 0.1) is 11.0 Å². The number of pyridine rings is 1. The molecule has 1 aromatic heterocycles. The molecule has 3 rings (SSSR count). The van der Waals surface area contributed by atoms with Gasteiger partial charge in [0.2, 0.25) is 5.52 Å². The van der Waals surface area contributed by atoms with Gasteiger partial charge in [-0.1, -0.05) is 36.4 Å². The number of anilines is 1. The van der Waals surface area contributed by atoms with Gasteiger partial charge in [-0.2, -0.15) is 9.83 Å². The second kappa shape index (κ2) is 9.15. The average molecular weight is 370 g/mol. The topological polar surface area (TPSA) is 77.0 Å². The van der Waals surface area contributed by atoms with E-state index in [-0.39, 0.29) is 6.42 Å². The summed E-state index contributed by atoms with van der Waals surface area (Å²) in [6.45, 7) is 0.407. The summed E-state index contributed by atoms with van der Waals surface area (Å²) < 4.78 is 1.93. The van der Waals surface area contributed by atoms with Crippen molar-refractivity contribution in [3.8, 4) is 6.07 Å². The van der Waals surface area contributed by atoms with E-state index in [9.17, 15) is 10.1 Å². The molecular formula is C23H20N3O2+. The van der Waals surface area contributed by atoms with Crippen LogP contribution in [-0.4, -0.2) is 11.1 Å². The number of aromatic nitrogens is 1. The molecule has 0 atom stereocenters.